The number of ether oxygens (including phenoxy) is 1. The quantitative estimate of drug-likeness (QED) is 0.784. The maximum Gasteiger partial charge on any atom is 0.222 e. The molecule has 1 aliphatic rings. The van der Waals surface area contributed by atoms with E-state index in [2.05, 4.69) is 26.2 Å². The molecule has 1 atom stereocenters. The Bertz CT molecular complexity index is 609. The first-order valence-corrected chi connectivity index (χ1v) is 7.23. The van der Waals surface area contributed by atoms with Gasteiger partial charge in [-0.2, -0.15) is 4.68 Å². The lowest BCUT2D eigenvalue weighted by atomic mass is 10.2. The Morgan fingerprint density at radius 3 is 3.05 bits per heavy atom. The molecule has 1 amide bonds. The summed E-state index contributed by atoms with van der Waals surface area (Å²) in [4.78, 5) is 12.0. The van der Waals surface area contributed by atoms with Gasteiger partial charge in [0.2, 0.25) is 5.91 Å². The summed E-state index contributed by atoms with van der Waals surface area (Å²) >= 11 is 0. The third-order valence-electron chi connectivity index (χ3n) is 3.41. The number of nitrogens with one attached hydrogen (secondary N) is 2. The number of hydrogen-bond donors (Lipinski definition) is 2. The van der Waals surface area contributed by atoms with E-state index in [1.807, 2.05) is 30.3 Å². The number of tetrazole rings is 1. The molecule has 1 saturated heterocycles. The van der Waals surface area contributed by atoms with Gasteiger partial charge < -0.3 is 15.4 Å². The number of benzene rings is 1. The van der Waals surface area contributed by atoms with Crippen LogP contribution in [0.25, 0.3) is 5.69 Å². The molecule has 1 fully saturated rings. The van der Waals surface area contributed by atoms with Crippen LogP contribution in [0.5, 0.6) is 0 Å². The number of nitrogens with zero attached hydrogens (tertiary/aromatic N) is 4. The lowest BCUT2D eigenvalue weighted by Crippen LogP contribution is -2.44. The van der Waals surface area contributed by atoms with Crippen LogP contribution in [0.4, 0.5) is 0 Å². The van der Waals surface area contributed by atoms with E-state index in [-0.39, 0.29) is 18.5 Å². The Hall–Kier alpha value is -2.32. The van der Waals surface area contributed by atoms with Crippen molar-refractivity contribution >= 4 is 5.91 Å². The van der Waals surface area contributed by atoms with Crippen molar-refractivity contribution < 1.29 is 9.53 Å². The summed E-state index contributed by atoms with van der Waals surface area (Å²) in [6.45, 7) is 2.33. The molecule has 0 bridgehead atoms. The van der Waals surface area contributed by atoms with Crippen molar-refractivity contribution in [2.75, 3.05) is 19.8 Å². The highest BCUT2D eigenvalue weighted by Gasteiger charge is 2.17. The van der Waals surface area contributed by atoms with Crippen molar-refractivity contribution in [3.8, 4) is 5.69 Å². The minimum atomic E-state index is -0.0504. The van der Waals surface area contributed by atoms with Gasteiger partial charge in [0.15, 0.2) is 5.82 Å². The molecule has 2 aromatic rings. The second kappa shape index (κ2) is 7.10. The van der Waals surface area contributed by atoms with Crippen molar-refractivity contribution in [3.63, 3.8) is 0 Å². The topological polar surface area (TPSA) is 94.0 Å². The molecule has 8 heteroatoms. The molecule has 8 nitrogen and oxygen atoms in total. The number of carbonyl (C=O) groups excluding carboxylic acids is 1. The second-order valence-electron chi connectivity index (χ2n) is 5.05. The van der Waals surface area contributed by atoms with E-state index < -0.39 is 0 Å². The molecule has 2 N–H and O–H groups in total. The van der Waals surface area contributed by atoms with Crippen molar-refractivity contribution in [2.24, 2.45) is 0 Å². The third kappa shape index (κ3) is 3.66. The van der Waals surface area contributed by atoms with Gasteiger partial charge in [0.25, 0.3) is 0 Å². The fourth-order valence-electron chi connectivity index (χ4n) is 2.31. The second-order valence-corrected chi connectivity index (χ2v) is 5.05. The van der Waals surface area contributed by atoms with Crippen molar-refractivity contribution in [3.05, 3.63) is 36.2 Å². The van der Waals surface area contributed by atoms with Gasteiger partial charge >= 0.3 is 0 Å². The van der Waals surface area contributed by atoms with Crippen molar-refractivity contribution in [1.29, 1.82) is 0 Å². The van der Waals surface area contributed by atoms with Crippen LogP contribution in [0.1, 0.15) is 12.2 Å². The summed E-state index contributed by atoms with van der Waals surface area (Å²) in [6.07, 6.45) is 0.382. The first kappa shape index (κ1) is 14.6. The van der Waals surface area contributed by atoms with Gasteiger partial charge in [-0.3, -0.25) is 4.79 Å². The van der Waals surface area contributed by atoms with E-state index in [0.717, 1.165) is 12.2 Å². The van der Waals surface area contributed by atoms with E-state index >= 15 is 0 Å². The Morgan fingerprint density at radius 1 is 1.41 bits per heavy atom. The average Bonchev–Trinajstić information content (AvgIpc) is 3.03. The number of hydrogen-bond acceptors (Lipinski definition) is 6. The maximum absolute atomic E-state index is 12.0. The maximum atomic E-state index is 12.0. The number of morpholine rings is 1. The summed E-state index contributed by atoms with van der Waals surface area (Å²) < 4.78 is 6.94. The normalized spacial score (nSPS) is 18.1. The zero-order valence-electron chi connectivity index (χ0n) is 12.1. The van der Waals surface area contributed by atoms with Crippen LogP contribution >= 0.6 is 0 Å². The van der Waals surface area contributed by atoms with Gasteiger partial charge in [0.05, 0.1) is 25.4 Å². The molecule has 0 spiro atoms. The monoisotopic (exact) mass is 302 g/mol. The number of aromatic nitrogens is 4. The first-order valence-electron chi connectivity index (χ1n) is 7.23. The molecule has 116 valence electrons. The predicted octanol–water partition coefficient (Wildman–Crippen LogP) is -0.343. The summed E-state index contributed by atoms with van der Waals surface area (Å²) in [5.41, 5.74) is 0.860. The molecule has 1 aromatic heterocycles. The highest BCUT2D eigenvalue weighted by atomic mass is 16.5. The molecule has 1 aromatic carbocycles. The van der Waals surface area contributed by atoms with E-state index in [1.165, 1.54) is 0 Å². The number of rotatable bonds is 5. The highest BCUT2D eigenvalue weighted by Crippen LogP contribution is 2.06. The van der Waals surface area contributed by atoms with Gasteiger partial charge in [-0.05, 0) is 22.6 Å². The van der Waals surface area contributed by atoms with Crippen molar-refractivity contribution in [2.45, 2.75) is 19.0 Å². The summed E-state index contributed by atoms with van der Waals surface area (Å²) in [5.74, 6) is 0.540. The SMILES string of the molecule is O=C(C[C@@H]1COCCN1)NCc1nnnn1-c1ccccc1. The third-order valence-corrected chi connectivity index (χ3v) is 3.41. The molecule has 3 rings (SSSR count). The molecule has 2 heterocycles. The van der Waals surface area contributed by atoms with Crippen LogP contribution in [0.15, 0.2) is 30.3 Å². The Labute approximate surface area is 127 Å². The fourth-order valence-corrected chi connectivity index (χ4v) is 2.31. The van der Waals surface area contributed by atoms with E-state index in [0.29, 0.717) is 25.5 Å². The molecular weight excluding hydrogens is 284 g/mol. The van der Waals surface area contributed by atoms with Gasteiger partial charge in [0, 0.05) is 19.0 Å². The molecule has 0 aliphatic carbocycles. The Kier molecular flexibility index (Phi) is 4.71. The predicted molar refractivity (Wildman–Crippen MR) is 78.2 cm³/mol. The Morgan fingerprint density at radius 2 is 2.27 bits per heavy atom. The zero-order valence-corrected chi connectivity index (χ0v) is 12.1. The summed E-state index contributed by atoms with van der Waals surface area (Å²) in [6, 6.07) is 9.63. The first-order chi connectivity index (χ1) is 10.8. The van der Waals surface area contributed by atoms with Gasteiger partial charge in [-0.1, -0.05) is 18.2 Å². The van der Waals surface area contributed by atoms with E-state index in [1.54, 1.807) is 4.68 Å². The average molecular weight is 302 g/mol. The summed E-state index contributed by atoms with van der Waals surface area (Å²) in [7, 11) is 0. The molecule has 0 unspecified atom stereocenters. The fraction of sp³-hybridized carbons (Fsp3) is 0.429. The minimum absolute atomic E-state index is 0.0504. The minimum Gasteiger partial charge on any atom is -0.378 e. The van der Waals surface area contributed by atoms with Gasteiger partial charge in [-0.25, -0.2) is 0 Å². The van der Waals surface area contributed by atoms with Crippen LogP contribution in [-0.4, -0.2) is 51.9 Å². The van der Waals surface area contributed by atoms with Crippen LogP contribution in [0.3, 0.4) is 0 Å². The number of carbonyl (C=O) groups is 1. The molecule has 0 saturated carbocycles. The molecular formula is C14H18N6O2. The van der Waals surface area contributed by atoms with Crippen LogP contribution in [0, 0.1) is 0 Å². The lowest BCUT2D eigenvalue weighted by molar-refractivity contribution is -0.122. The van der Waals surface area contributed by atoms with E-state index in [4.69, 9.17) is 4.74 Å². The Balaban J connectivity index is 1.55. The molecule has 22 heavy (non-hydrogen) atoms. The number of para-hydroxylation sites is 1. The molecule has 0 radical (unpaired) electrons. The lowest BCUT2D eigenvalue weighted by Gasteiger charge is -2.23. The van der Waals surface area contributed by atoms with Crippen molar-refractivity contribution in [1.82, 2.24) is 30.8 Å². The van der Waals surface area contributed by atoms with Gasteiger partial charge in [-0.15, -0.1) is 5.10 Å². The van der Waals surface area contributed by atoms with E-state index in [9.17, 15) is 4.79 Å². The standard InChI is InChI=1S/C14H18N6O2/c21-14(8-11-10-22-7-6-15-11)16-9-13-17-18-19-20(13)12-4-2-1-3-5-12/h1-5,11,15H,6-10H2,(H,16,21)/t11-/m1/s1. The zero-order chi connectivity index (χ0) is 15.2. The smallest absolute Gasteiger partial charge is 0.222 e. The van der Waals surface area contributed by atoms with Crippen LogP contribution in [-0.2, 0) is 16.1 Å². The largest absolute Gasteiger partial charge is 0.378 e. The van der Waals surface area contributed by atoms with Crippen LogP contribution < -0.4 is 10.6 Å². The van der Waals surface area contributed by atoms with Crippen LogP contribution in [0.2, 0.25) is 0 Å². The number of amides is 1. The van der Waals surface area contributed by atoms with Gasteiger partial charge in [0.1, 0.15) is 0 Å². The summed E-state index contributed by atoms with van der Waals surface area (Å²) in [5, 5.41) is 17.7. The highest BCUT2D eigenvalue weighted by molar-refractivity contribution is 5.76. The molecule has 1 aliphatic heterocycles.